The molecule has 0 spiro atoms. The molecule has 0 nitrogen and oxygen atoms in total. The second kappa shape index (κ2) is 6.34. The Labute approximate surface area is 124 Å². The molecular formula is C11H9F6U-. The van der Waals surface area contributed by atoms with Crippen LogP contribution in [-0.4, -0.2) is 0 Å². The molecule has 1 aromatic carbocycles. The third kappa shape index (κ3) is 4.85. The predicted octanol–water partition coefficient (Wildman–Crippen LogP) is 4.49. The minimum atomic E-state index is -4.78. The maximum absolute atomic E-state index is 12.4. The van der Waals surface area contributed by atoms with Gasteiger partial charge in [-0.2, -0.15) is 32.8 Å². The molecule has 0 aliphatic rings. The monoisotopic (exact) mass is 493 g/mol. The van der Waals surface area contributed by atoms with Crippen LogP contribution in [0.2, 0.25) is 0 Å². The van der Waals surface area contributed by atoms with Gasteiger partial charge >= 0.3 is 12.4 Å². The molecule has 0 bridgehead atoms. The normalized spacial score (nSPS) is 12.2. The largest absolute Gasteiger partial charge is 0.416 e. The standard InChI is InChI=1S/C11H9F6.U/c1-2-3-7-4-8(10(12,13)14)6-9(5-7)11(15,16)17;/h4-6H,1-3H2;/q-1;. The number of alkyl halides is 6. The van der Waals surface area contributed by atoms with Gasteiger partial charge in [-0.25, -0.2) is 0 Å². The molecule has 100 valence electrons. The van der Waals surface area contributed by atoms with Gasteiger partial charge in [0.2, 0.25) is 0 Å². The third-order valence-electron chi connectivity index (χ3n) is 2.11. The Hall–Kier alpha value is -0.148. The zero-order valence-corrected chi connectivity index (χ0v) is 13.3. The van der Waals surface area contributed by atoms with Crippen molar-refractivity contribution in [3.8, 4) is 0 Å². The van der Waals surface area contributed by atoms with Crippen LogP contribution < -0.4 is 0 Å². The third-order valence-corrected chi connectivity index (χ3v) is 2.11. The Bertz CT molecular complexity index is 361. The summed E-state index contributed by atoms with van der Waals surface area (Å²) in [6.07, 6.45) is -9.25. The first-order chi connectivity index (χ1) is 7.64. The van der Waals surface area contributed by atoms with E-state index in [-0.39, 0.29) is 55.6 Å². The summed E-state index contributed by atoms with van der Waals surface area (Å²) in [7, 11) is 0. The molecule has 0 atom stereocenters. The van der Waals surface area contributed by atoms with Crippen LogP contribution in [0, 0.1) is 38.0 Å². The van der Waals surface area contributed by atoms with Crippen molar-refractivity contribution in [2.45, 2.75) is 25.2 Å². The second-order valence-electron chi connectivity index (χ2n) is 3.52. The summed E-state index contributed by atoms with van der Waals surface area (Å²) in [4.78, 5) is 0. The van der Waals surface area contributed by atoms with Crippen molar-refractivity contribution in [2.75, 3.05) is 0 Å². The molecule has 0 unspecified atom stereocenters. The summed E-state index contributed by atoms with van der Waals surface area (Å²) in [5, 5.41) is 0. The van der Waals surface area contributed by atoms with Gasteiger partial charge in [0.25, 0.3) is 0 Å². The molecule has 0 saturated heterocycles. The summed E-state index contributed by atoms with van der Waals surface area (Å²) in [5.74, 6) is 0. The number of aryl methyl sites for hydroxylation is 1. The van der Waals surface area contributed by atoms with Gasteiger partial charge in [0.15, 0.2) is 0 Å². The van der Waals surface area contributed by atoms with Crippen LogP contribution in [0.15, 0.2) is 18.2 Å². The number of hydrogen-bond acceptors (Lipinski definition) is 0. The molecule has 0 aliphatic heterocycles. The van der Waals surface area contributed by atoms with E-state index >= 15 is 0 Å². The second-order valence-corrected chi connectivity index (χ2v) is 3.52. The fraction of sp³-hybridized carbons (Fsp3) is 0.364. The molecule has 0 N–H and O–H groups in total. The number of rotatable bonds is 2. The Balaban J connectivity index is 0.00000289. The van der Waals surface area contributed by atoms with E-state index in [1.165, 1.54) is 0 Å². The summed E-state index contributed by atoms with van der Waals surface area (Å²) < 4.78 is 74.4. The van der Waals surface area contributed by atoms with Gasteiger partial charge in [-0.05, 0) is 23.8 Å². The van der Waals surface area contributed by atoms with Crippen molar-refractivity contribution in [3.05, 3.63) is 41.8 Å². The fourth-order valence-electron chi connectivity index (χ4n) is 1.37. The van der Waals surface area contributed by atoms with Gasteiger partial charge in [0.1, 0.15) is 0 Å². The number of hydrogen-bond donors (Lipinski definition) is 0. The maximum Gasteiger partial charge on any atom is 0.416 e. The minimum Gasteiger partial charge on any atom is -0.343 e. The van der Waals surface area contributed by atoms with Gasteiger partial charge in [-0.15, -0.1) is 0 Å². The zero-order chi connectivity index (χ0) is 13.3. The summed E-state index contributed by atoms with van der Waals surface area (Å²) in [6, 6.07) is 1.56. The zero-order valence-electron chi connectivity index (χ0n) is 9.12. The summed E-state index contributed by atoms with van der Waals surface area (Å²) in [5.41, 5.74) is -2.58. The van der Waals surface area contributed by atoms with Crippen LogP contribution in [0.5, 0.6) is 0 Å². The first kappa shape index (κ1) is 17.9. The SMILES string of the molecule is [CH2-]CCc1cc(C(F)(F)F)cc(C(F)(F)F)c1.[U]. The van der Waals surface area contributed by atoms with E-state index in [9.17, 15) is 26.3 Å². The molecule has 0 aliphatic carbocycles. The fourth-order valence-corrected chi connectivity index (χ4v) is 1.37. The number of halogens is 6. The minimum absolute atomic E-state index is 0. The van der Waals surface area contributed by atoms with E-state index in [0.29, 0.717) is 0 Å². The van der Waals surface area contributed by atoms with Crippen molar-refractivity contribution >= 4 is 0 Å². The molecule has 0 fully saturated rings. The molecule has 0 radical (unpaired) electrons. The Kier molecular flexibility index (Phi) is 6.28. The maximum atomic E-state index is 12.4. The Morgan fingerprint density at radius 1 is 0.833 bits per heavy atom. The van der Waals surface area contributed by atoms with E-state index in [1.54, 1.807) is 0 Å². The predicted molar refractivity (Wildman–Crippen MR) is 50.1 cm³/mol. The molecule has 0 heterocycles. The van der Waals surface area contributed by atoms with Crippen LogP contribution >= 0.6 is 0 Å². The number of benzene rings is 1. The molecule has 0 aromatic heterocycles. The van der Waals surface area contributed by atoms with E-state index in [2.05, 4.69) is 6.92 Å². The van der Waals surface area contributed by atoms with Crippen LogP contribution in [0.4, 0.5) is 26.3 Å². The van der Waals surface area contributed by atoms with Crippen molar-refractivity contribution in [1.82, 2.24) is 0 Å². The topological polar surface area (TPSA) is 0 Å². The molecule has 0 amide bonds. The van der Waals surface area contributed by atoms with Gasteiger partial charge in [-0.1, -0.05) is 6.42 Å². The summed E-state index contributed by atoms with van der Waals surface area (Å²) in [6.45, 7) is 3.40. The van der Waals surface area contributed by atoms with Crippen LogP contribution in [0.1, 0.15) is 23.1 Å². The molecular weight excluding hydrogens is 484 g/mol. The molecule has 18 heavy (non-hydrogen) atoms. The van der Waals surface area contributed by atoms with E-state index in [1.807, 2.05) is 0 Å². The van der Waals surface area contributed by atoms with Crippen LogP contribution in [-0.2, 0) is 18.8 Å². The van der Waals surface area contributed by atoms with E-state index < -0.39 is 23.5 Å². The summed E-state index contributed by atoms with van der Waals surface area (Å²) >= 11 is 0. The van der Waals surface area contributed by atoms with Gasteiger partial charge < -0.3 is 6.92 Å². The van der Waals surface area contributed by atoms with Crippen molar-refractivity contribution in [3.63, 3.8) is 0 Å². The molecule has 0 saturated carbocycles. The van der Waals surface area contributed by atoms with Crippen molar-refractivity contribution in [1.29, 1.82) is 0 Å². The van der Waals surface area contributed by atoms with Crippen molar-refractivity contribution < 1.29 is 57.5 Å². The van der Waals surface area contributed by atoms with E-state index in [4.69, 9.17) is 0 Å². The van der Waals surface area contributed by atoms with Crippen molar-refractivity contribution in [2.24, 2.45) is 0 Å². The first-order valence-electron chi connectivity index (χ1n) is 4.72. The quantitative estimate of drug-likeness (QED) is 0.421. The molecule has 1 aromatic rings. The average Bonchev–Trinajstić information content (AvgIpc) is 2.15. The molecule has 1 rings (SSSR count). The smallest absolute Gasteiger partial charge is 0.343 e. The Morgan fingerprint density at radius 3 is 1.50 bits per heavy atom. The van der Waals surface area contributed by atoms with Gasteiger partial charge in [-0.3, -0.25) is 0 Å². The molecule has 7 heteroatoms. The van der Waals surface area contributed by atoms with E-state index in [0.717, 1.165) is 12.1 Å². The van der Waals surface area contributed by atoms with Crippen LogP contribution in [0.3, 0.4) is 0 Å². The van der Waals surface area contributed by atoms with Crippen LogP contribution in [0.25, 0.3) is 0 Å². The first-order valence-corrected chi connectivity index (χ1v) is 4.72. The average molecular weight is 493 g/mol. The van der Waals surface area contributed by atoms with Gasteiger partial charge in [0, 0.05) is 31.1 Å². The van der Waals surface area contributed by atoms with Gasteiger partial charge in [0.05, 0.1) is 11.1 Å². The Morgan fingerprint density at radius 2 is 1.22 bits per heavy atom.